The van der Waals surface area contributed by atoms with Crippen molar-refractivity contribution in [2.45, 2.75) is 32.3 Å². The molecule has 0 bridgehead atoms. The summed E-state index contributed by atoms with van der Waals surface area (Å²) in [5.41, 5.74) is 3.59. The zero-order valence-corrected chi connectivity index (χ0v) is 10.8. The Hall–Kier alpha value is -1.60. The second kappa shape index (κ2) is 6.36. The highest BCUT2D eigenvalue weighted by molar-refractivity contribution is 5.23. The molecule has 1 heteroatoms. The van der Waals surface area contributed by atoms with E-state index < -0.39 is 0 Å². The molecule has 0 radical (unpaired) electrons. The Bertz CT molecular complexity index is 459. The predicted molar refractivity (Wildman–Crippen MR) is 75.5 cm³/mol. The van der Waals surface area contributed by atoms with E-state index in [0.29, 0.717) is 0 Å². The first-order chi connectivity index (χ1) is 8.75. The van der Waals surface area contributed by atoms with Gasteiger partial charge in [-0.15, -0.1) is 0 Å². The lowest BCUT2D eigenvalue weighted by Crippen LogP contribution is -1.98. The van der Waals surface area contributed by atoms with Crippen LogP contribution in [0.25, 0.3) is 0 Å². The number of aliphatic hydroxyl groups excluding tert-OH is 1. The van der Waals surface area contributed by atoms with Crippen LogP contribution in [0.1, 0.15) is 35.6 Å². The molecule has 2 aromatic carbocycles. The maximum atomic E-state index is 10.1. The van der Waals surface area contributed by atoms with E-state index in [1.165, 1.54) is 11.1 Å². The third-order valence-corrected chi connectivity index (χ3v) is 3.25. The molecule has 0 aliphatic carbocycles. The maximum Gasteiger partial charge on any atom is 0.0790 e. The molecule has 0 fully saturated rings. The van der Waals surface area contributed by atoms with E-state index in [0.717, 1.165) is 24.8 Å². The van der Waals surface area contributed by atoms with Crippen LogP contribution in [0.15, 0.2) is 54.6 Å². The number of hydrogen-bond donors (Lipinski definition) is 1. The van der Waals surface area contributed by atoms with Crippen LogP contribution >= 0.6 is 0 Å². The lowest BCUT2D eigenvalue weighted by Gasteiger charge is -2.11. The van der Waals surface area contributed by atoms with Gasteiger partial charge in [0.1, 0.15) is 0 Å². The van der Waals surface area contributed by atoms with Crippen molar-refractivity contribution in [1.29, 1.82) is 0 Å². The Labute approximate surface area is 109 Å². The normalized spacial score (nSPS) is 12.3. The first kappa shape index (κ1) is 12.8. The quantitative estimate of drug-likeness (QED) is 0.836. The highest BCUT2D eigenvalue weighted by Crippen LogP contribution is 2.19. The van der Waals surface area contributed by atoms with E-state index in [2.05, 4.69) is 43.3 Å². The molecule has 0 heterocycles. The van der Waals surface area contributed by atoms with Gasteiger partial charge in [-0.05, 0) is 37.3 Å². The molecule has 1 N–H and O–H groups in total. The minimum absolute atomic E-state index is 0.339. The second-order valence-corrected chi connectivity index (χ2v) is 4.80. The Kier molecular flexibility index (Phi) is 4.54. The molecule has 0 saturated carbocycles. The van der Waals surface area contributed by atoms with Crippen molar-refractivity contribution in [2.75, 3.05) is 0 Å². The van der Waals surface area contributed by atoms with Gasteiger partial charge in [0.2, 0.25) is 0 Å². The molecule has 2 aromatic rings. The van der Waals surface area contributed by atoms with Crippen LogP contribution in [-0.2, 0) is 6.42 Å². The van der Waals surface area contributed by atoms with Crippen LogP contribution in [0.4, 0.5) is 0 Å². The van der Waals surface area contributed by atoms with Crippen molar-refractivity contribution >= 4 is 0 Å². The third-order valence-electron chi connectivity index (χ3n) is 3.25. The van der Waals surface area contributed by atoms with Gasteiger partial charge in [0, 0.05) is 0 Å². The molecule has 0 aliphatic heterocycles. The molecule has 0 saturated heterocycles. The number of aliphatic hydroxyl groups is 1. The molecule has 94 valence electrons. The molecule has 1 nitrogen and oxygen atoms in total. The molecule has 1 atom stereocenters. The molecule has 1 unspecified atom stereocenters. The van der Waals surface area contributed by atoms with Gasteiger partial charge in [-0.3, -0.25) is 0 Å². The lowest BCUT2D eigenvalue weighted by molar-refractivity contribution is 0.164. The summed E-state index contributed by atoms with van der Waals surface area (Å²) in [6.45, 7) is 2.06. The fourth-order valence-corrected chi connectivity index (χ4v) is 2.10. The monoisotopic (exact) mass is 240 g/mol. The van der Waals surface area contributed by atoms with Gasteiger partial charge in [-0.25, -0.2) is 0 Å². The SMILES string of the molecule is Cc1ccc(C(O)CCCc2ccccc2)cc1. The molecule has 18 heavy (non-hydrogen) atoms. The fourth-order valence-electron chi connectivity index (χ4n) is 2.10. The predicted octanol–water partition coefficient (Wildman–Crippen LogP) is 4.05. The summed E-state index contributed by atoms with van der Waals surface area (Å²) in [6, 6.07) is 18.6. The van der Waals surface area contributed by atoms with Crippen molar-refractivity contribution in [3.05, 3.63) is 71.3 Å². The summed E-state index contributed by atoms with van der Waals surface area (Å²) in [5, 5.41) is 10.1. The van der Waals surface area contributed by atoms with Crippen LogP contribution < -0.4 is 0 Å². The smallest absolute Gasteiger partial charge is 0.0790 e. The Balaban J connectivity index is 1.81. The zero-order chi connectivity index (χ0) is 12.8. The van der Waals surface area contributed by atoms with Gasteiger partial charge >= 0.3 is 0 Å². The van der Waals surface area contributed by atoms with Crippen LogP contribution in [0, 0.1) is 6.92 Å². The van der Waals surface area contributed by atoms with Gasteiger partial charge < -0.3 is 5.11 Å². The van der Waals surface area contributed by atoms with Crippen molar-refractivity contribution < 1.29 is 5.11 Å². The van der Waals surface area contributed by atoms with Crippen molar-refractivity contribution in [3.63, 3.8) is 0 Å². The summed E-state index contributed by atoms with van der Waals surface area (Å²) in [7, 11) is 0. The van der Waals surface area contributed by atoms with Gasteiger partial charge in [0.15, 0.2) is 0 Å². The van der Waals surface area contributed by atoms with Crippen LogP contribution in [0.5, 0.6) is 0 Å². The maximum absolute atomic E-state index is 10.1. The van der Waals surface area contributed by atoms with E-state index in [9.17, 15) is 5.11 Å². The molecule has 0 spiro atoms. The van der Waals surface area contributed by atoms with Gasteiger partial charge in [-0.1, -0.05) is 60.2 Å². The highest BCUT2D eigenvalue weighted by Gasteiger charge is 2.06. The minimum atomic E-state index is -0.339. The first-order valence-electron chi connectivity index (χ1n) is 6.54. The number of hydrogen-bond acceptors (Lipinski definition) is 1. The summed E-state index contributed by atoms with van der Waals surface area (Å²) in [6.07, 6.45) is 2.52. The van der Waals surface area contributed by atoms with E-state index in [1.54, 1.807) is 0 Å². The number of benzene rings is 2. The van der Waals surface area contributed by atoms with Gasteiger partial charge in [0.05, 0.1) is 6.10 Å². The molecular formula is C17H20O. The summed E-state index contributed by atoms with van der Waals surface area (Å²) < 4.78 is 0. The van der Waals surface area contributed by atoms with E-state index in [4.69, 9.17) is 0 Å². The number of aryl methyl sites for hydroxylation is 2. The van der Waals surface area contributed by atoms with Gasteiger partial charge in [-0.2, -0.15) is 0 Å². The van der Waals surface area contributed by atoms with Crippen molar-refractivity contribution in [1.82, 2.24) is 0 Å². The molecule has 2 rings (SSSR count). The third kappa shape index (κ3) is 3.71. The molecule has 0 aliphatic rings. The summed E-state index contributed by atoms with van der Waals surface area (Å²) in [4.78, 5) is 0. The van der Waals surface area contributed by atoms with E-state index in [-0.39, 0.29) is 6.10 Å². The zero-order valence-electron chi connectivity index (χ0n) is 10.8. The Morgan fingerprint density at radius 2 is 1.61 bits per heavy atom. The Morgan fingerprint density at radius 1 is 0.944 bits per heavy atom. The lowest BCUT2D eigenvalue weighted by atomic mass is 10.0. The second-order valence-electron chi connectivity index (χ2n) is 4.80. The van der Waals surface area contributed by atoms with Crippen LogP contribution in [0.3, 0.4) is 0 Å². The number of rotatable bonds is 5. The summed E-state index contributed by atoms with van der Waals surface area (Å²) >= 11 is 0. The first-order valence-corrected chi connectivity index (χ1v) is 6.54. The molecular weight excluding hydrogens is 220 g/mol. The molecule has 0 aromatic heterocycles. The average Bonchev–Trinajstić information content (AvgIpc) is 2.40. The minimum Gasteiger partial charge on any atom is -0.388 e. The average molecular weight is 240 g/mol. The van der Waals surface area contributed by atoms with Crippen LogP contribution in [0.2, 0.25) is 0 Å². The van der Waals surface area contributed by atoms with E-state index >= 15 is 0 Å². The summed E-state index contributed by atoms with van der Waals surface area (Å²) in [5.74, 6) is 0. The van der Waals surface area contributed by atoms with Crippen molar-refractivity contribution in [3.8, 4) is 0 Å². The molecule has 0 amide bonds. The fraction of sp³-hybridized carbons (Fsp3) is 0.294. The van der Waals surface area contributed by atoms with Crippen molar-refractivity contribution in [2.24, 2.45) is 0 Å². The van der Waals surface area contributed by atoms with E-state index in [1.807, 2.05) is 18.2 Å². The topological polar surface area (TPSA) is 20.2 Å². The van der Waals surface area contributed by atoms with Gasteiger partial charge in [0.25, 0.3) is 0 Å². The van der Waals surface area contributed by atoms with Crippen LogP contribution in [-0.4, -0.2) is 5.11 Å². The largest absolute Gasteiger partial charge is 0.388 e. The highest BCUT2D eigenvalue weighted by atomic mass is 16.3. The standard InChI is InChI=1S/C17H20O/c1-14-10-12-16(13-11-14)17(18)9-5-8-15-6-3-2-4-7-15/h2-4,6-7,10-13,17-18H,5,8-9H2,1H3. The Morgan fingerprint density at radius 3 is 2.28 bits per heavy atom.